The molecule has 1 aromatic heterocycles. The normalized spacial score (nSPS) is 10.6. The first-order chi connectivity index (χ1) is 9.56. The predicted molar refractivity (Wildman–Crippen MR) is 83.8 cm³/mol. The van der Waals surface area contributed by atoms with Crippen molar-refractivity contribution in [3.8, 4) is 0 Å². The molecule has 0 aliphatic rings. The molecule has 0 bridgehead atoms. The zero-order valence-electron chi connectivity index (χ0n) is 11.7. The number of nitrogens with one attached hydrogen (secondary N) is 1. The minimum Gasteiger partial charge on any atom is -0.364 e. The van der Waals surface area contributed by atoms with E-state index in [-0.39, 0.29) is 22.5 Å². The third-order valence-electron chi connectivity index (χ3n) is 2.78. The van der Waals surface area contributed by atoms with E-state index < -0.39 is 4.92 Å². The van der Waals surface area contributed by atoms with Gasteiger partial charge in [-0.2, -0.15) is 16.7 Å². The Labute approximate surface area is 127 Å². The van der Waals surface area contributed by atoms with Crippen LogP contribution in [0, 0.1) is 17.0 Å². The summed E-state index contributed by atoms with van der Waals surface area (Å²) in [5.74, 6) is 1.39. The number of unbranched alkanes of at least 4 members (excludes halogenated alkanes) is 3. The van der Waals surface area contributed by atoms with Crippen molar-refractivity contribution in [2.24, 2.45) is 0 Å². The van der Waals surface area contributed by atoms with Crippen LogP contribution in [0.3, 0.4) is 0 Å². The van der Waals surface area contributed by atoms with Crippen LogP contribution < -0.4 is 5.32 Å². The molecule has 0 atom stereocenters. The molecule has 1 rings (SSSR count). The van der Waals surface area contributed by atoms with E-state index in [9.17, 15) is 10.1 Å². The number of aryl methyl sites for hydroxylation is 1. The third-order valence-corrected chi connectivity index (χ3v) is 3.65. The maximum absolute atomic E-state index is 11.0. The van der Waals surface area contributed by atoms with Gasteiger partial charge in [0.2, 0.25) is 11.1 Å². The van der Waals surface area contributed by atoms with Crippen molar-refractivity contribution in [2.45, 2.75) is 32.6 Å². The summed E-state index contributed by atoms with van der Waals surface area (Å²) >= 11 is 7.59. The van der Waals surface area contributed by atoms with Crippen LogP contribution in [0.2, 0.25) is 5.28 Å². The average molecular weight is 319 g/mol. The summed E-state index contributed by atoms with van der Waals surface area (Å²) in [5, 5.41) is 14.0. The number of hydrogen-bond acceptors (Lipinski definition) is 6. The van der Waals surface area contributed by atoms with Crippen LogP contribution in [0.4, 0.5) is 11.5 Å². The summed E-state index contributed by atoms with van der Waals surface area (Å²) in [6.07, 6.45) is 6.53. The van der Waals surface area contributed by atoms with E-state index in [2.05, 4.69) is 21.5 Å². The van der Waals surface area contributed by atoms with Gasteiger partial charge in [-0.25, -0.2) is 4.98 Å². The van der Waals surface area contributed by atoms with E-state index >= 15 is 0 Å². The number of aromatic nitrogens is 2. The number of rotatable bonds is 9. The van der Waals surface area contributed by atoms with Gasteiger partial charge in [-0.05, 0) is 43.4 Å². The minimum absolute atomic E-state index is 0.0237. The zero-order chi connectivity index (χ0) is 15.0. The van der Waals surface area contributed by atoms with Gasteiger partial charge in [0.05, 0.1) is 4.92 Å². The van der Waals surface area contributed by atoms with E-state index in [0.717, 1.165) is 12.8 Å². The molecule has 0 unspecified atom stereocenters. The molecule has 0 aliphatic carbocycles. The van der Waals surface area contributed by atoms with Crippen molar-refractivity contribution in [2.75, 3.05) is 23.9 Å². The molecule has 0 radical (unpaired) electrons. The van der Waals surface area contributed by atoms with Gasteiger partial charge in [-0.3, -0.25) is 10.1 Å². The second kappa shape index (κ2) is 8.97. The van der Waals surface area contributed by atoms with Crippen molar-refractivity contribution in [1.29, 1.82) is 0 Å². The van der Waals surface area contributed by atoms with E-state index in [1.807, 2.05) is 11.8 Å². The number of nitro groups is 1. The van der Waals surface area contributed by atoms with Crippen molar-refractivity contribution in [1.82, 2.24) is 9.97 Å². The van der Waals surface area contributed by atoms with Gasteiger partial charge in [-0.15, -0.1) is 0 Å². The van der Waals surface area contributed by atoms with Crippen LogP contribution in [-0.4, -0.2) is 33.4 Å². The Morgan fingerprint density at radius 1 is 1.30 bits per heavy atom. The van der Waals surface area contributed by atoms with Crippen LogP contribution >= 0.6 is 23.4 Å². The highest BCUT2D eigenvalue weighted by Gasteiger charge is 2.21. The Balaban J connectivity index is 2.49. The second-order valence-electron chi connectivity index (χ2n) is 4.37. The lowest BCUT2D eigenvalue weighted by atomic mass is 10.2. The molecule has 6 nitrogen and oxygen atoms in total. The molecule has 1 N–H and O–H groups in total. The minimum atomic E-state index is -0.480. The second-order valence-corrected chi connectivity index (χ2v) is 5.69. The van der Waals surface area contributed by atoms with Gasteiger partial charge >= 0.3 is 5.69 Å². The molecule has 112 valence electrons. The molecule has 0 aromatic carbocycles. The van der Waals surface area contributed by atoms with Gasteiger partial charge in [0.15, 0.2) is 0 Å². The smallest absolute Gasteiger partial charge is 0.332 e. The standard InChI is InChI=1S/C12H19ClN4O2S/c1-9-10(17(18)19)11(16-12(13)15-9)14-7-5-3-4-6-8-20-2/h3-8H2,1-2H3,(H,14,15,16). The van der Waals surface area contributed by atoms with E-state index in [1.54, 1.807) is 6.92 Å². The SMILES string of the molecule is CSCCCCCCNc1nc(Cl)nc(C)c1[N+](=O)[O-]. The topological polar surface area (TPSA) is 81.0 Å². The summed E-state index contributed by atoms with van der Waals surface area (Å²) in [5.41, 5.74) is 0.175. The molecule has 0 aliphatic heterocycles. The molecule has 1 heterocycles. The van der Waals surface area contributed by atoms with Gasteiger partial charge in [0.1, 0.15) is 5.69 Å². The molecule has 0 fully saturated rings. The van der Waals surface area contributed by atoms with Crippen molar-refractivity contribution in [3.05, 3.63) is 21.1 Å². The van der Waals surface area contributed by atoms with E-state index in [4.69, 9.17) is 11.6 Å². The highest BCUT2D eigenvalue weighted by atomic mass is 35.5. The van der Waals surface area contributed by atoms with Crippen LogP contribution in [0.25, 0.3) is 0 Å². The van der Waals surface area contributed by atoms with Gasteiger partial charge in [-0.1, -0.05) is 12.8 Å². The number of anilines is 1. The van der Waals surface area contributed by atoms with Crippen LogP contribution in [-0.2, 0) is 0 Å². The molecule has 0 saturated carbocycles. The van der Waals surface area contributed by atoms with Crippen LogP contribution in [0.5, 0.6) is 0 Å². The summed E-state index contributed by atoms with van der Waals surface area (Å²) in [4.78, 5) is 18.2. The Bertz CT molecular complexity index is 459. The molecular weight excluding hydrogens is 300 g/mol. The first-order valence-corrected chi connectivity index (χ1v) is 8.24. The molecule has 20 heavy (non-hydrogen) atoms. The zero-order valence-corrected chi connectivity index (χ0v) is 13.3. The third kappa shape index (κ3) is 5.50. The summed E-state index contributed by atoms with van der Waals surface area (Å²) < 4.78 is 0. The van der Waals surface area contributed by atoms with Gasteiger partial charge in [0.25, 0.3) is 0 Å². The highest BCUT2D eigenvalue weighted by molar-refractivity contribution is 7.98. The molecule has 0 spiro atoms. The fraction of sp³-hybridized carbons (Fsp3) is 0.667. The molecule has 0 amide bonds. The Hall–Kier alpha value is -1.08. The van der Waals surface area contributed by atoms with Crippen LogP contribution in [0.1, 0.15) is 31.4 Å². The average Bonchev–Trinajstić information content (AvgIpc) is 2.36. The number of halogens is 1. The van der Waals surface area contributed by atoms with Crippen LogP contribution in [0.15, 0.2) is 0 Å². The predicted octanol–water partition coefficient (Wildman–Crippen LogP) is 3.68. The highest BCUT2D eigenvalue weighted by Crippen LogP contribution is 2.26. The fourth-order valence-electron chi connectivity index (χ4n) is 1.81. The monoisotopic (exact) mass is 318 g/mol. The van der Waals surface area contributed by atoms with E-state index in [1.165, 1.54) is 18.6 Å². The summed E-state index contributed by atoms with van der Waals surface area (Å²) in [6.45, 7) is 2.20. The van der Waals surface area contributed by atoms with Crippen molar-refractivity contribution in [3.63, 3.8) is 0 Å². The van der Waals surface area contributed by atoms with Gasteiger partial charge in [0, 0.05) is 6.54 Å². The lowest BCUT2D eigenvalue weighted by Crippen LogP contribution is -2.09. The Kier molecular flexibility index (Phi) is 7.61. The Morgan fingerprint density at radius 2 is 2.00 bits per heavy atom. The van der Waals surface area contributed by atoms with Gasteiger partial charge < -0.3 is 5.32 Å². The number of thioether (sulfide) groups is 1. The van der Waals surface area contributed by atoms with E-state index in [0.29, 0.717) is 6.54 Å². The summed E-state index contributed by atoms with van der Waals surface area (Å²) in [6, 6.07) is 0. The lowest BCUT2D eigenvalue weighted by Gasteiger charge is -2.07. The first kappa shape index (κ1) is 17.0. The number of hydrogen-bond donors (Lipinski definition) is 1. The lowest BCUT2D eigenvalue weighted by molar-refractivity contribution is -0.385. The quantitative estimate of drug-likeness (QED) is 0.324. The maximum atomic E-state index is 11.0. The fourth-order valence-corrected chi connectivity index (χ4v) is 2.51. The summed E-state index contributed by atoms with van der Waals surface area (Å²) in [7, 11) is 0. The van der Waals surface area contributed by atoms with Crippen molar-refractivity contribution >= 4 is 34.9 Å². The molecular formula is C12H19ClN4O2S. The molecule has 0 saturated heterocycles. The maximum Gasteiger partial charge on any atom is 0.332 e. The largest absolute Gasteiger partial charge is 0.364 e. The molecule has 8 heteroatoms. The molecule has 1 aromatic rings. The first-order valence-electron chi connectivity index (χ1n) is 6.47. The van der Waals surface area contributed by atoms with Crippen molar-refractivity contribution < 1.29 is 4.92 Å². The number of nitrogens with zero attached hydrogens (tertiary/aromatic N) is 3. The Morgan fingerprint density at radius 3 is 2.65 bits per heavy atom.